The van der Waals surface area contributed by atoms with E-state index >= 15 is 0 Å². The average molecular weight is 503 g/mol. The van der Waals surface area contributed by atoms with Crippen LogP contribution in [-0.4, -0.2) is 41.0 Å². The van der Waals surface area contributed by atoms with Crippen molar-refractivity contribution in [2.24, 2.45) is 17.8 Å². The molecule has 2 unspecified atom stereocenters. The van der Waals surface area contributed by atoms with Gasteiger partial charge in [0.2, 0.25) is 5.91 Å². The molecule has 7 heteroatoms. The number of aromatic hydroxyl groups is 1. The normalized spacial score (nSPS) is 20.9. The number of amides is 2. The van der Waals surface area contributed by atoms with Crippen molar-refractivity contribution in [2.45, 2.75) is 32.4 Å². The van der Waals surface area contributed by atoms with Crippen molar-refractivity contribution in [3.05, 3.63) is 95.3 Å². The first-order chi connectivity index (χ1) is 17.8. The molecule has 1 saturated heterocycles. The summed E-state index contributed by atoms with van der Waals surface area (Å²) in [5.74, 6) is -0.567. The highest BCUT2D eigenvalue weighted by Gasteiger charge is 2.57. The molecule has 2 aliphatic rings. The predicted molar refractivity (Wildman–Crippen MR) is 138 cm³/mol. The van der Waals surface area contributed by atoms with Gasteiger partial charge in [-0.2, -0.15) is 0 Å². The zero-order valence-corrected chi connectivity index (χ0v) is 20.9. The molecule has 37 heavy (non-hydrogen) atoms. The fourth-order valence-electron chi connectivity index (χ4n) is 5.33. The molecule has 3 aromatic carbocycles. The number of carbonyl (C=O) groups excluding carboxylic acids is 2. The van der Waals surface area contributed by atoms with Gasteiger partial charge in [-0.3, -0.25) is 9.59 Å². The number of carbonyl (C=O) groups is 2. The maximum Gasteiger partial charge on any atom is 0.253 e. The van der Waals surface area contributed by atoms with E-state index in [0.717, 1.165) is 22.9 Å². The van der Waals surface area contributed by atoms with Crippen LogP contribution in [-0.2, 0) is 11.4 Å². The molecular formula is C30H31FN2O4. The fourth-order valence-corrected chi connectivity index (χ4v) is 5.33. The van der Waals surface area contributed by atoms with Crippen LogP contribution in [0, 0.1) is 23.6 Å². The largest absolute Gasteiger partial charge is 0.505 e. The van der Waals surface area contributed by atoms with Gasteiger partial charge < -0.3 is 20.1 Å². The first kappa shape index (κ1) is 24.8. The van der Waals surface area contributed by atoms with E-state index < -0.39 is 11.6 Å². The molecule has 6 nitrogen and oxygen atoms in total. The third kappa shape index (κ3) is 5.31. The maximum absolute atomic E-state index is 13.7. The quantitative estimate of drug-likeness (QED) is 0.467. The van der Waals surface area contributed by atoms with Crippen LogP contribution in [0.5, 0.6) is 11.5 Å². The van der Waals surface area contributed by atoms with E-state index in [4.69, 9.17) is 4.74 Å². The van der Waals surface area contributed by atoms with Gasteiger partial charge in [0.1, 0.15) is 12.4 Å². The van der Waals surface area contributed by atoms with Crippen molar-refractivity contribution >= 4 is 11.8 Å². The van der Waals surface area contributed by atoms with E-state index in [9.17, 15) is 19.1 Å². The lowest BCUT2D eigenvalue weighted by Gasteiger charge is -2.24. The number of nitrogens with zero attached hydrogens (tertiary/aromatic N) is 1. The van der Waals surface area contributed by atoms with Crippen LogP contribution in [0.2, 0.25) is 0 Å². The van der Waals surface area contributed by atoms with Gasteiger partial charge in [0.05, 0.1) is 5.92 Å². The number of phenols is 1. The Morgan fingerprint density at radius 1 is 1.03 bits per heavy atom. The minimum absolute atomic E-state index is 0.00849. The maximum atomic E-state index is 13.7. The highest BCUT2D eigenvalue weighted by Crippen LogP contribution is 2.46. The van der Waals surface area contributed by atoms with Gasteiger partial charge >= 0.3 is 0 Å². The predicted octanol–water partition coefficient (Wildman–Crippen LogP) is 4.74. The molecule has 4 atom stereocenters. The van der Waals surface area contributed by atoms with Crippen LogP contribution in [0.3, 0.4) is 0 Å². The summed E-state index contributed by atoms with van der Waals surface area (Å²) in [5.41, 5.74) is 2.25. The number of hydrogen-bond acceptors (Lipinski definition) is 4. The molecule has 1 heterocycles. The van der Waals surface area contributed by atoms with Crippen LogP contribution in [0.15, 0.2) is 72.8 Å². The zero-order chi connectivity index (χ0) is 26.1. The molecule has 1 saturated carbocycles. The molecule has 0 radical (unpaired) electrons. The molecule has 2 fully saturated rings. The molecule has 5 rings (SSSR count). The number of piperidine rings is 1. The fraction of sp³-hybridized carbons (Fsp3) is 0.333. The Balaban J connectivity index is 1.16. The summed E-state index contributed by atoms with van der Waals surface area (Å²) >= 11 is 0. The van der Waals surface area contributed by atoms with Crippen molar-refractivity contribution in [1.29, 1.82) is 0 Å². The van der Waals surface area contributed by atoms with E-state index in [1.54, 1.807) is 4.90 Å². The van der Waals surface area contributed by atoms with Crippen molar-refractivity contribution in [2.75, 3.05) is 13.1 Å². The zero-order valence-electron chi connectivity index (χ0n) is 20.9. The van der Waals surface area contributed by atoms with Crippen molar-refractivity contribution in [1.82, 2.24) is 10.2 Å². The minimum atomic E-state index is -0.809. The lowest BCUT2D eigenvalue weighted by Crippen LogP contribution is -2.40. The van der Waals surface area contributed by atoms with Gasteiger partial charge in [-0.15, -0.1) is 0 Å². The van der Waals surface area contributed by atoms with E-state index in [2.05, 4.69) is 5.32 Å². The monoisotopic (exact) mass is 502 g/mol. The number of hydrogen-bond donors (Lipinski definition) is 2. The third-order valence-electron chi connectivity index (χ3n) is 7.42. The summed E-state index contributed by atoms with van der Waals surface area (Å²) < 4.78 is 19.5. The standard InChI is InChI=1S/C30H31FN2O4/c1-18(2)27(20-8-11-22(12-9-20)37-17-19-6-4-3-5-7-19)29(35)32-28-23-15-33(16-24(23)28)30(36)21-10-13-26(34)25(31)14-21/h3-14,18,23-24,27-28,34H,15-17H2,1-2H3,(H,32,35)/t23-,24+,27?,28?. The Bertz CT molecular complexity index is 1270. The SMILES string of the molecule is CC(C)C(C(=O)NC1[C@H]2CN(C(=O)c3ccc(O)c(F)c3)C[C@@H]12)c1ccc(OCc2ccccc2)cc1. The Kier molecular flexibility index (Phi) is 6.87. The third-order valence-corrected chi connectivity index (χ3v) is 7.42. The van der Waals surface area contributed by atoms with Crippen LogP contribution >= 0.6 is 0 Å². The van der Waals surface area contributed by atoms with Crippen molar-refractivity contribution in [3.8, 4) is 11.5 Å². The first-order valence-electron chi connectivity index (χ1n) is 12.7. The van der Waals surface area contributed by atoms with Crippen LogP contribution in [0.4, 0.5) is 4.39 Å². The van der Waals surface area contributed by atoms with E-state index in [-0.39, 0.29) is 47.1 Å². The lowest BCUT2D eigenvalue weighted by molar-refractivity contribution is -0.123. The van der Waals surface area contributed by atoms with Gasteiger partial charge in [0.15, 0.2) is 11.6 Å². The molecule has 1 aliphatic carbocycles. The summed E-state index contributed by atoms with van der Waals surface area (Å²) in [4.78, 5) is 27.7. The second-order valence-electron chi connectivity index (χ2n) is 10.3. The van der Waals surface area contributed by atoms with Crippen LogP contribution < -0.4 is 10.1 Å². The van der Waals surface area contributed by atoms with Crippen molar-refractivity contribution < 1.29 is 23.8 Å². The summed E-state index contributed by atoms with van der Waals surface area (Å²) in [7, 11) is 0. The second-order valence-corrected chi connectivity index (χ2v) is 10.3. The second kappa shape index (κ2) is 10.2. The number of ether oxygens (including phenoxy) is 1. The highest BCUT2D eigenvalue weighted by atomic mass is 19.1. The molecule has 1 aliphatic heterocycles. The molecule has 0 spiro atoms. The minimum Gasteiger partial charge on any atom is -0.505 e. The van der Waals surface area contributed by atoms with Gasteiger partial charge in [0.25, 0.3) is 5.91 Å². The number of phenolic OH excluding ortho intramolecular Hbond substituents is 1. The number of halogens is 1. The number of fused-ring (bicyclic) bond motifs is 1. The summed E-state index contributed by atoms with van der Waals surface area (Å²) in [6.45, 7) is 5.61. The molecule has 2 amide bonds. The number of likely N-dealkylation sites (tertiary alicyclic amines) is 1. The van der Waals surface area contributed by atoms with Crippen LogP contribution in [0.25, 0.3) is 0 Å². The topological polar surface area (TPSA) is 78.9 Å². The molecule has 0 aromatic heterocycles. The van der Waals surface area contributed by atoms with E-state index in [1.807, 2.05) is 68.4 Å². The Hall–Kier alpha value is -3.87. The average Bonchev–Trinajstić information content (AvgIpc) is 3.31. The Morgan fingerprint density at radius 3 is 2.32 bits per heavy atom. The van der Waals surface area contributed by atoms with Crippen molar-refractivity contribution in [3.63, 3.8) is 0 Å². The smallest absolute Gasteiger partial charge is 0.253 e. The van der Waals surface area contributed by atoms with Gasteiger partial charge in [-0.25, -0.2) is 4.39 Å². The van der Waals surface area contributed by atoms with Gasteiger partial charge in [-0.05, 0) is 47.4 Å². The van der Waals surface area contributed by atoms with Crippen LogP contribution in [0.1, 0.15) is 41.3 Å². The number of rotatable bonds is 8. The van der Waals surface area contributed by atoms with Gasteiger partial charge in [0, 0.05) is 36.5 Å². The summed E-state index contributed by atoms with van der Waals surface area (Å²) in [5, 5.41) is 12.6. The number of nitrogens with one attached hydrogen (secondary N) is 1. The summed E-state index contributed by atoms with van der Waals surface area (Å²) in [6, 6.07) is 21.4. The lowest BCUT2D eigenvalue weighted by atomic mass is 9.87. The van der Waals surface area contributed by atoms with E-state index in [0.29, 0.717) is 19.7 Å². The number of benzene rings is 3. The first-order valence-corrected chi connectivity index (χ1v) is 12.7. The van der Waals surface area contributed by atoms with E-state index in [1.165, 1.54) is 12.1 Å². The molecule has 2 N–H and O–H groups in total. The Morgan fingerprint density at radius 2 is 1.70 bits per heavy atom. The molecule has 0 bridgehead atoms. The molecule has 192 valence electrons. The highest BCUT2D eigenvalue weighted by molar-refractivity contribution is 5.94. The van der Waals surface area contributed by atoms with Gasteiger partial charge in [-0.1, -0.05) is 56.3 Å². The summed E-state index contributed by atoms with van der Waals surface area (Å²) in [6.07, 6.45) is 0. The Labute approximate surface area is 216 Å². The molecule has 3 aromatic rings. The molecular weight excluding hydrogens is 471 g/mol.